The fourth-order valence-corrected chi connectivity index (χ4v) is 2.52. The third-order valence-electron chi connectivity index (χ3n) is 3.49. The fraction of sp³-hybridized carbons (Fsp3) is 0.714. The maximum Gasteiger partial charge on any atom is 0.287 e. The number of anilines is 1. The van der Waals surface area contributed by atoms with Crippen LogP contribution in [0.3, 0.4) is 0 Å². The van der Waals surface area contributed by atoms with Crippen molar-refractivity contribution in [3.8, 4) is 0 Å². The average molecular weight is 315 g/mol. The van der Waals surface area contributed by atoms with Crippen molar-refractivity contribution >= 4 is 17.3 Å². The lowest BCUT2D eigenvalue weighted by Crippen LogP contribution is -2.37. The van der Waals surface area contributed by atoms with E-state index in [-0.39, 0.29) is 10.6 Å². The monoisotopic (exact) mass is 314 g/mol. The van der Waals surface area contributed by atoms with Crippen LogP contribution in [-0.4, -0.2) is 54.1 Å². The molecule has 0 atom stereocenters. The van der Waals surface area contributed by atoms with Gasteiger partial charge in [-0.25, -0.2) is 4.68 Å². The second-order valence-corrected chi connectivity index (χ2v) is 5.51. The van der Waals surface area contributed by atoms with E-state index in [1.54, 1.807) is 6.20 Å². The third kappa shape index (κ3) is 4.69. The molecule has 1 aliphatic heterocycles. The van der Waals surface area contributed by atoms with Gasteiger partial charge in [-0.2, -0.15) is 5.10 Å². The quantitative estimate of drug-likeness (QED) is 0.772. The first-order valence-electron chi connectivity index (χ1n) is 7.52. The third-order valence-corrected chi connectivity index (χ3v) is 3.86. The van der Waals surface area contributed by atoms with E-state index in [0.717, 1.165) is 52.2 Å². The zero-order valence-corrected chi connectivity index (χ0v) is 13.2. The van der Waals surface area contributed by atoms with Gasteiger partial charge in [0.1, 0.15) is 5.02 Å². The molecule has 7 heteroatoms. The molecule has 2 heterocycles. The van der Waals surface area contributed by atoms with Crippen LogP contribution >= 0.6 is 11.6 Å². The topological polar surface area (TPSA) is 59.4 Å². The Morgan fingerprint density at radius 2 is 2.14 bits per heavy atom. The maximum atomic E-state index is 12.0. The van der Waals surface area contributed by atoms with Gasteiger partial charge in [0, 0.05) is 26.2 Å². The largest absolute Gasteiger partial charge is 0.382 e. The molecule has 6 nitrogen and oxygen atoms in total. The number of halogens is 1. The number of aromatic nitrogens is 2. The molecule has 0 aliphatic carbocycles. The predicted molar refractivity (Wildman–Crippen MR) is 84.2 cm³/mol. The first kappa shape index (κ1) is 16.3. The van der Waals surface area contributed by atoms with Gasteiger partial charge in [0.2, 0.25) is 0 Å². The molecule has 0 bridgehead atoms. The van der Waals surface area contributed by atoms with Crippen molar-refractivity contribution in [1.82, 2.24) is 14.7 Å². The van der Waals surface area contributed by atoms with E-state index in [9.17, 15) is 4.79 Å². The van der Waals surface area contributed by atoms with Gasteiger partial charge in [0.15, 0.2) is 0 Å². The molecule has 21 heavy (non-hydrogen) atoms. The highest BCUT2D eigenvalue weighted by Crippen LogP contribution is 2.15. The van der Waals surface area contributed by atoms with Crippen molar-refractivity contribution in [3.05, 3.63) is 21.6 Å². The minimum absolute atomic E-state index is 0.225. The molecule has 118 valence electrons. The standard InChI is InChI=1S/C14H23ClN4O2/c1-2-5-19-14(20)13(15)12(11-17-19)16-4-3-6-18-7-9-21-10-8-18/h11,16H,2-10H2,1H3. The van der Waals surface area contributed by atoms with Crippen molar-refractivity contribution in [2.24, 2.45) is 0 Å². The Hall–Kier alpha value is -1.11. The summed E-state index contributed by atoms with van der Waals surface area (Å²) in [7, 11) is 0. The fourth-order valence-electron chi connectivity index (χ4n) is 2.31. The normalized spacial score (nSPS) is 16.1. The van der Waals surface area contributed by atoms with Gasteiger partial charge in [-0.1, -0.05) is 18.5 Å². The zero-order chi connectivity index (χ0) is 15.1. The summed E-state index contributed by atoms with van der Waals surface area (Å²) in [6.45, 7) is 8.02. The minimum Gasteiger partial charge on any atom is -0.382 e. The van der Waals surface area contributed by atoms with Crippen LogP contribution in [0.1, 0.15) is 19.8 Å². The second kappa shape index (κ2) is 8.36. The first-order chi connectivity index (χ1) is 10.2. The Balaban J connectivity index is 1.80. The molecule has 2 rings (SSSR count). The molecule has 1 fully saturated rings. The molecular weight excluding hydrogens is 292 g/mol. The molecule has 1 aromatic rings. The van der Waals surface area contributed by atoms with E-state index >= 15 is 0 Å². The Morgan fingerprint density at radius 3 is 2.86 bits per heavy atom. The van der Waals surface area contributed by atoms with E-state index in [2.05, 4.69) is 15.3 Å². The summed E-state index contributed by atoms with van der Waals surface area (Å²) in [5, 5.41) is 7.55. The lowest BCUT2D eigenvalue weighted by atomic mass is 10.3. The van der Waals surface area contributed by atoms with Crippen molar-refractivity contribution in [1.29, 1.82) is 0 Å². The van der Waals surface area contributed by atoms with Crippen LogP contribution < -0.4 is 10.9 Å². The first-order valence-corrected chi connectivity index (χ1v) is 7.89. The number of nitrogens with one attached hydrogen (secondary N) is 1. The summed E-state index contributed by atoms with van der Waals surface area (Å²) in [5.41, 5.74) is 0.396. The summed E-state index contributed by atoms with van der Waals surface area (Å²) in [5.74, 6) is 0. The SMILES string of the molecule is CCCn1ncc(NCCCN2CCOCC2)c(Cl)c1=O. The average Bonchev–Trinajstić information content (AvgIpc) is 2.51. The number of aryl methyl sites for hydroxylation is 1. The number of ether oxygens (including phenoxy) is 1. The highest BCUT2D eigenvalue weighted by Gasteiger charge is 2.10. The van der Waals surface area contributed by atoms with Crippen LogP contribution in [0.5, 0.6) is 0 Å². The number of hydrogen-bond donors (Lipinski definition) is 1. The molecule has 0 radical (unpaired) electrons. The number of nitrogens with zero attached hydrogens (tertiary/aromatic N) is 3. The molecule has 0 saturated carbocycles. The lowest BCUT2D eigenvalue weighted by molar-refractivity contribution is 0.0378. The highest BCUT2D eigenvalue weighted by atomic mass is 35.5. The molecule has 1 aromatic heterocycles. The van der Waals surface area contributed by atoms with Gasteiger partial charge in [0.25, 0.3) is 5.56 Å². The zero-order valence-electron chi connectivity index (χ0n) is 12.5. The van der Waals surface area contributed by atoms with Crippen molar-refractivity contribution < 1.29 is 4.74 Å². The van der Waals surface area contributed by atoms with Gasteiger partial charge in [-0.3, -0.25) is 9.69 Å². The smallest absolute Gasteiger partial charge is 0.287 e. The predicted octanol–water partition coefficient (Wildman–Crippen LogP) is 1.44. The summed E-state index contributed by atoms with van der Waals surface area (Å²) in [6, 6.07) is 0. The molecule has 1 aliphatic rings. The molecule has 0 amide bonds. The van der Waals surface area contributed by atoms with Crippen molar-refractivity contribution in [2.75, 3.05) is 44.7 Å². The van der Waals surface area contributed by atoms with E-state index in [4.69, 9.17) is 16.3 Å². The summed E-state index contributed by atoms with van der Waals surface area (Å²) in [4.78, 5) is 14.3. The molecule has 0 spiro atoms. The Morgan fingerprint density at radius 1 is 1.38 bits per heavy atom. The number of rotatable bonds is 7. The Kier molecular flexibility index (Phi) is 6.48. The maximum absolute atomic E-state index is 12.0. The molecule has 1 saturated heterocycles. The summed E-state index contributed by atoms with van der Waals surface area (Å²) < 4.78 is 6.72. The van der Waals surface area contributed by atoms with Crippen LogP contribution in [0.4, 0.5) is 5.69 Å². The summed E-state index contributed by atoms with van der Waals surface area (Å²) >= 11 is 6.10. The van der Waals surface area contributed by atoms with Gasteiger partial charge in [0.05, 0.1) is 25.1 Å². The van der Waals surface area contributed by atoms with Crippen LogP contribution in [0, 0.1) is 0 Å². The van der Waals surface area contributed by atoms with Gasteiger partial charge < -0.3 is 10.1 Å². The van der Waals surface area contributed by atoms with Crippen LogP contribution in [0.15, 0.2) is 11.0 Å². The highest BCUT2D eigenvalue weighted by molar-refractivity contribution is 6.32. The van der Waals surface area contributed by atoms with E-state index < -0.39 is 0 Å². The molecule has 1 N–H and O–H groups in total. The number of morpholine rings is 1. The number of hydrogen-bond acceptors (Lipinski definition) is 5. The molecular formula is C14H23ClN4O2. The Labute approximate surface area is 130 Å². The second-order valence-electron chi connectivity index (χ2n) is 5.13. The minimum atomic E-state index is -0.225. The lowest BCUT2D eigenvalue weighted by Gasteiger charge is -2.26. The van der Waals surface area contributed by atoms with Crippen molar-refractivity contribution in [2.45, 2.75) is 26.3 Å². The van der Waals surface area contributed by atoms with Gasteiger partial charge >= 0.3 is 0 Å². The van der Waals surface area contributed by atoms with Crippen molar-refractivity contribution in [3.63, 3.8) is 0 Å². The molecule has 0 unspecified atom stereocenters. The van der Waals surface area contributed by atoms with E-state index in [0.29, 0.717) is 12.2 Å². The van der Waals surface area contributed by atoms with Crippen LogP contribution in [0.25, 0.3) is 0 Å². The Bertz CT molecular complexity index is 500. The van der Waals surface area contributed by atoms with Gasteiger partial charge in [-0.15, -0.1) is 0 Å². The summed E-state index contributed by atoms with van der Waals surface area (Å²) in [6.07, 6.45) is 3.48. The van der Waals surface area contributed by atoms with E-state index in [1.807, 2.05) is 6.92 Å². The van der Waals surface area contributed by atoms with Crippen LogP contribution in [0.2, 0.25) is 5.02 Å². The van der Waals surface area contributed by atoms with Gasteiger partial charge in [-0.05, 0) is 19.4 Å². The molecule has 0 aromatic carbocycles. The van der Waals surface area contributed by atoms with E-state index in [1.165, 1.54) is 4.68 Å². The van der Waals surface area contributed by atoms with Crippen LogP contribution in [-0.2, 0) is 11.3 Å².